The fourth-order valence-corrected chi connectivity index (χ4v) is 2.34. The highest BCUT2D eigenvalue weighted by molar-refractivity contribution is 7.15. The van der Waals surface area contributed by atoms with Gasteiger partial charge < -0.3 is 10.1 Å². The number of hydrogen-bond donors (Lipinski definition) is 1. The van der Waals surface area contributed by atoms with E-state index in [1.165, 1.54) is 11.3 Å². The number of thiazole rings is 1. The lowest BCUT2D eigenvalue weighted by atomic mass is 10.3. The zero-order valence-corrected chi connectivity index (χ0v) is 11.0. The van der Waals surface area contributed by atoms with Gasteiger partial charge in [-0.05, 0) is 27.7 Å². The average Bonchev–Trinajstić information content (AvgIpc) is 2.45. The van der Waals surface area contributed by atoms with Gasteiger partial charge in [0.1, 0.15) is 0 Å². The van der Waals surface area contributed by atoms with Crippen LogP contribution in [0, 0.1) is 6.92 Å². The van der Waals surface area contributed by atoms with Crippen molar-refractivity contribution >= 4 is 22.4 Å². The predicted molar refractivity (Wildman–Crippen MR) is 65.9 cm³/mol. The summed E-state index contributed by atoms with van der Waals surface area (Å²) in [6.45, 7) is 8.26. The molecule has 1 N–H and O–H groups in total. The third-order valence-corrected chi connectivity index (χ3v) is 3.00. The molecule has 4 nitrogen and oxygen atoms in total. The molecule has 0 fully saturated rings. The number of anilines is 1. The standard InChI is InChI=1S/C11H18N2O2S/c1-5-15-10(14)6-9-8(4)13-11(16-9)12-7(2)3/h7H,5-6H2,1-4H3,(H,12,13). The Morgan fingerprint density at radius 2 is 2.25 bits per heavy atom. The molecule has 0 amide bonds. The van der Waals surface area contributed by atoms with E-state index in [0.717, 1.165) is 15.7 Å². The molecule has 0 spiro atoms. The van der Waals surface area contributed by atoms with Gasteiger partial charge in [-0.2, -0.15) is 0 Å². The molecule has 0 aliphatic rings. The van der Waals surface area contributed by atoms with Gasteiger partial charge in [0.25, 0.3) is 0 Å². The molecular weight excluding hydrogens is 224 g/mol. The summed E-state index contributed by atoms with van der Waals surface area (Å²) in [7, 11) is 0. The number of nitrogens with one attached hydrogen (secondary N) is 1. The molecule has 0 unspecified atom stereocenters. The lowest BCUT2D eigenvalue weighted by Crippen LogP contribution is -2.08. The number of nitrogens with zero attached hydrogens (tertiary/aromatic N) is 1. The van der Waals surface area contributed by atoms with Crippen LogP contribution < -0.4 is 5.32 Å². The average molecular weight is 242 g/mol. The van der Waals surface area contributed by atoms with Crippen molar-refractivity contribution in [2.45, 2.75) is 40.2 Å². The quantitative estimate of drug-likeness (QED) is 0.805. The van der Waals surface area contributed by atoms with E-state index in [2.05, 4.69) is 24.1 Å². The second-order valence-electron chi connectivity index (χ2n) is 3.81. The van der Waals surface area contributed by atoms with Crippen LogP contribution in [0.2, 0.25) is 0 Å². The number of carbonyl (C=O) groups excluding carboxylic acids is 1. The minimum atomic E-state index is -0.189. The van der Waals surface area contributed by atoms with E-state index in [1.54, 1.807) is 0 Å². The monoisotopic (exact) mass is 242 g/mol. The second-order valence-corrected chi connectivity index (χ2v) is 4.89. The smallest absolute Gasteiger partial charge is 0.311 e. The van der Waals surface area contributed by atoms with Gasteiger partial charge in [-0.15, -0.1) is 11.3 Å². The number of carbonyl (C=O) groups is 1. The van der Waals surface area contributed by atoms with Gasteiger partial charge in [0.05, 0.1) is 18.7 Å². The molecule has 0 aliphatic carbocycles. The number of rotatable bonds is 5. The van der Waals surface area contributed by atoms with Crippen LogP contribution in [0.3, 0.4) is 0 Å². The topological polar surface area (TPSA) is 51.2 Å². The summed E-state index contributed by atoms with van der Waals surface area (Å²) in [5.41, 5.74) is 0.904. The first-order chi connectivity index (χ1) is 7.52. The van der Waals surface area contributed by atoms with Crippen molar-refractivity contribution in [2.75, 3.05) is 11.9 Å². The molecule has 1 aromatic rings. The summed E-state index contributed by atoms with van der Waals surface area (Å²) < 4.78 is 4.91. The fourth-order valence-electron chi connectivity index (χ4n) is 1.24. The Bertz CT molecular complexity index is 361. The van der Waals surface area contributed by atoms with Crippen LogP contribution in [-0.2, 0) is 16.0 Å². The van der Waals surface area contributed by atoms with E-state index >= 15 is 0 Å². The molecule has 5 heteroatoms. The highest BCUT2D eigenvalue weighted by Crippen LogP contribution is 2.23. The van der Waals surface area contributed by atoms with Gasteiger partial charge in [0.2, 0.25) is 0 Å². The molecule has 0 radical (unpaired) electrons. The van der Waals surface area contributed by atoms with E-state index in [-0.39, 0.29) is 5.97 Å². The third-order valence-electron chi connectivity index (χ3n) is 1.92. The first-order valence-corrected chi connectivity index (χ1v) is 6.23. The van der Waals surface area contributed by atoms with Crippen molar-refractivity contribution in [1.29, 1.82) is 0 Å². The molecule has 16 heavy (non-hydrogen) atoms. The lowest BCUT2D eigenvalue weighted by Gasteiger charge is -2.04. The Morgan fingerprint density at radius 3 is 2.81 bits per heavy atom. The first-order valence-electron chi connectivity index (χ1n) is 5.41. The Balaban J connectivity index is 2.66. The van der Waals surface area contributed by atoms with Crippen molar-refractivity contribution in [3.05, 3.63) is 10.6 Å². The maximum absolute atomic E-state index is 11.3. The molecule has 1 rings (SSSR count). The summed E-state index contributed by atoms with van der Waals surface area (Å²) in [5, 5.41) is 4.09. The molecule has 1 aromatic heterocycles. The summed E-state index contributed by atoms with van der Waals surface area (Å²) in [4.78, 5) is 16.7. The molecule has 0 saturated heterocycles. The van der Waals surface area contributed by atoms with Gasteiger partial charge in [-0.3, -0.25) is 4.79 Å². The fraction of sp³-hybridized carbons (Fsp3) is 0.636. The van der Waals surface area contributed by atoms with Gasteiger partial charge in [0, 0.05) is 10.9 Å². The van der Waals surface area contributed by atoms with Crippen molar-refractivity contribution in [2.24, 2.45) is 0 Å². The van der Waals surface area contributed by atoms with E-state index < -0.39 is 0 Å². The van der Waals surface area contributed by atoms with Crippen LogP contribution in [0.25, 0.3) is 0 Å². The van der Waals surface area contributed by atoms with Crippen LogP contribution in [0.4, 0.5) is 5.13 Å². The van der Waals surface area contributed by atoms with Crippen molar-refractivity contribution in [1.82, 2.24) is 4.98 Å². The number of ether oxygens (including phenoxy) is 1. The summed E-state index contributed by atoms with van der Waals surface area (Å²) >= 11 is 1.52. The number of aromatic nitrogens is 1. The van der Waals surface area contributed by atoms with E-state index in [4.69, 9.17) is 4.74 Å². The molecular formula is C11H18N2O2S. The van der Waals surface area contributed by atoms with Crippen LogP contribution in [0.15, 0.2) is 0 Å². The Hall–Kier alpha value is -1.10. The normalized spacial score (nSPS) is 10.6. The molecule has 0 bridgehead atoms. The predicted octanol–water partition coefficient (Wildman–Crippen LogP) is 2.38. The molecule has 90 valence electrons. The van der Waals surface area contributed by atoms with Gasteiger partial charge in [-0.25, -0.2) is 4.98 Å². The number of esters is 1. The third kappa shape index (κ3) is 3.81. The maximum Gasteiger partial charge on any atom is 0.311 e. The van der Waals surface area contributed by atoms with Gasteiger partial charge in [-0.1, -0.05) is 0 Å². The molecule has 0 aromatic carbocycles. The van der Waals surface area contributed by atoms with E-state index in [9.17, 15) is 4.79 Å². The molecule has 0 saturated carbocycles. The Kier molecular flexibility index (Phi) is 4.73. The SMILES string of the molecule is CCOC(=O)Cc1sc(NC(C)C)nc1C. The zero-order valence-electron chi connectivity index (χ0n) is 10.2. The molecule has 1 heterocycles. The van der Waals surface area contributed by atoms with Gasteiger partial charge >= 0.3 is 5.97 Å². The van der Waals surface area contributed by atoms with Crippen molar-refractivity contribution in [3.8, 4) is 0 Å². The minimum absolute atomic E-state index is 0.189. The lowest BCUT2D eigenvalue weighted by molar-refractivity contribution is -0.142. The number of hydrogen-bond acceptors (Lipinski definition) is 5. The van der Waals surface area contributed by atoms with Crippen molar-refractivity contribution in [3.63, 3.8) is 0 Å². The Labute approximate surface area is 100 Å². The van der Waals surface area contributed by atoms with Crippen LogP contribution in [0.1, 0.15) is 31.3 Å². The minimum Gasteiger partial charge on any atom is -0.466 e. The second kappa shape index (κ2) is 5.84. The van der Waals surface area contributed by atoms with Crippen LogP contribution >= 0.6 is 11.3 Å². The highest BCUT2D eigenvalue weighted by atomic mass is 32.1. The summed E-state index contributed by atoms with van der Waals surface area (Å²) in [5.74, 6) is -0.189. The zero-order chi connectivity index (χ0) is 12.1. The molecule has 0 aliphatic heterocycles. The molecule has 0 atom stereocenters. The van der Waals surface area contributed by atoms with Crippen LogP contribution in [0.5, 0.6) is 0 Å². The van der Waals surface area contributed by atoms with E-state index in [0.29, 0.717) is 19.1 Å². The maximum atomic E-state index is 11.3. The van der Waals surface area contributed by atoms with Crippen LogP contribution in [-0.4, -0.2) is 23.6 Å². The first kappa shape index (κ1) is 13.0. The Morgan fingerprint density at radius 1 is 1.56 bits per heavy atom. The number of aryl methyl sites for hydroxylation is 1. The van der Waals surface area contributed by atoms with E-state index in [1.807, 2.05) is 13.8 Å². The summed E-state index contributed by atoms with van der Waals surface area (Å²) in [6, 6.07) is 0.348. The van der Waals surface area contributed by atoms with Gasteiger partial charge in [0.15, 0.2) is 5.13 Å². The summed E-state index contributed by atoms with van der Waals surface area (Å²) in [6.07, 6.45) is 0.317. The van der Waals surface area contributed by atoms with Crippen molar-refractivity contribution < 1.29 is 9.53 Å². The highest BCUT2D eigenvalue weighted by Gasteiger charge is 2.12. The largest absolute Gasteiger partial charge is 0.466 e.